The second kappa shape index (κ2) is 7.16. The standard InChI is InChI=1S/C18H28/c1-3-5-15-7-11-17(12-8-15)18-13-9-16(6-4-2)10-14-18/h3-4,15,18H,1-2,5-14H2. The first-order valence-corrected chi connectivity index (χ1v) is 7.73. The summed E-state index contributed by atoms with van der Waals surface area (Å²) in [6, 6.07) is 0. The Labute approximate surface area is 114 Å². The molecule has 100 valence electrons. The molecular weight excluding hydrogens is 216 g/mol. The maximum Gasteiger partial charge on any atom is -0.0203 e. The van der Waals surface area contributed by atoms with E-state index < -0.39 is 0 Å². The first-order chi connectivity index (χ1) is 8.83. The zero-order chi connectivity index (χ0) is 12.8. The molecule has 2 aliphatic carbocycles. The molecule has 0 aliphatic heterocycles. The average Bonchev–Trinajstić information content (AvgIpc) is 2.41. The predicted octanol–water partition coefficient (Wildman–Crippen LogP) is 5.67. The van der Waals surface area contributed by atoms with Crippen molar-refractivity contribution in [1.29, 1.82) is 0 Å². The van der Waals surface area contributed by atoms with Crippen LogP contribution in [0.15, 0.2) is 25.3 Å². The molecule has 0 aromatic carbocycles. The molecule has 0 heterocycles. The summed E-state index contributed by atoms with van der Waals surface area (Å²) in [7, 11) is 0. The molecule has 0 heteroatoms. The summed E-state index contributed by atoms with van der Waals surface area (Å²) in [6.07, 6.45) is 17.8. The summed E-state index contributed by atoms with van der Waals surface area (Å²) in [5, 5.41) is 0. The number of rotatable bonds is 5. The van der Waals surface area contributed by atoms with Crippen LogP contribution in [0, 0.1) is 23.7 Å². The lowest BCUT2D eigenvalue weighted by atomic mass is 9.68. The molecule has 0 bridgehead atoms. The third-order valence-electron chi connectivity index (χ3n) is 4.95. The zero-order valence-electron chi connectivity index (χ0n) is 11.8. The Hall–Kier alpha value is -0.520. The molecule has 0 nitrogen and oxygen atoms in total. The van der Waals surface area contributed by atoms with Gasteiger partial charge in [0.05, 0.1) is 0 Å². The molecule has 2 saturated carbocycles. The first-order valence-electron chi connectivity index (χ1n) is 7.73. The van der Waals surface area contributed by atoms with E-state index in [0.717, 1.165) is 18.3 Å². The van der Waals surface area contributed by atoms with Crippen molar-refractivity contribution in [2.24, 2.45) is 11.8 Å². The van der Waals surface area contributed by atoms with Crippen LogP contribution < -0.4 is 0 Å². The Bertz CT molecular complexity index is 221. The highest BCUT2D eigenvalue weighted by Gasteiger charge is 2.30. The van der Waals surface area contributed by atoms with Gasteiger partial charge in [-0.25, -0.2) is 0 Å². The minimum Gasteiger partial charge on any atom is -0.103 e. The van der Waals surface area contributed by atoms with Crippen LogP contribution in [0.5, 0.6) is 0 Å². The average molecular weight is 244 g/mol. The third kappa shape index (κ3) is 3.73. The van der Waals surface area contributed by atoms with E-state index in [-0.39, 0.29) is 0 Å². The molecule has 0 atom stereocenters. The van der Waals surface area contributed by atoms with E-state index in [9.17, 15) is 0 Å². The van der Waals surface area contributed by atoms with Crippen LogP contribution in [0.4, 0.5) is 0 Å². The zero-order valence-corrected chi connectivity index (χ0v) is 11.8. The summed E-state index contributed by atoms with van der Waals surface area (Å²) >= 11 is 0. The predicted molar refractivity (Wildman–Crippen MR) is 80.0 cm³/mol. The molecule has 2 fully saturated rings. The second-order valence-electron chi connectivity index (χ2n) is 6.14. The Morgan fingerprint density at radius 2 is 1.56 bits per heavy atom. The quantitative estimate of drug-likeness (QED) is 0.547. The number of hydrogen-bond donors (Lipinski definition) is 0. The summed E-state index contributed by atoms with van der Waals surface area (Å²) in [6.45, 7) is 7.73. The molecule has 0 amide bonds. The van der Waals surface area contributed by atoms with Crippen LogP contribution in [0.25, 0.3) is 0 Å². The van der Waals surface area contributed by atoms with Crippen LogP contribution in [0.2, 0.25) is 0 Å². The number of allylic oxidation sites excluding steroid dienone is 2. The lowest BCUT2D eigenvalue weighted by Crippen LogP contribution is -2.23. The Balaban J connectivity index is 1.71. The van der Waals surface area contributed by atoms with Gasteiger partial charge in [-0.05, 0) is 87.9 Å². The van der Waals surface area contributed by atoms with Crippen LogP contribution in [0.3, 0.4) is 0 Å². The molecule has 2 radical (unpaired) electrons. The maximum atomic E-state index is 3.87. The SMILES string of the molecule is C=CC[C]1CCC([C]2CCC(CC=C)CC2)CC1. The van der Waals surface area contributed by atoms with Gasteiger partial charge in [-0.3, -0.25) is 0 Å². The van der Waals surface area contributed by atoms with Gasteiger partial charge in [-0.1, -0.05) is 12.2 Å². The minimum atomic E-state index is 0.928. The van der Waals surface area contributed by atoms with Crippen LogP contribution in [-0.4, -0.2) is 0 Å². The molecule has 0 spiro atoms. The van der Waals surface area contributed by atoms with Crippen molar-refractivity contribution in [2.75, 3.05) is 0 Å². The largest absolute Gasteiger partial charge is 0.103 e. The summed E-state index contributed by atoms with van der Waals surface area (Å²) in [4.78, 5) is 0. The van der Waals surface area contributed by atoms with Crippen molar-refractivity contribution < 1.29 is 0 Å². The van der Waals surface area contributed by atoms with E-state index in [1.165, 1.54) is 57.8 Å². The molecule has 0 saturated heterocycles. The Morgan fingerprint density at radius 3 is 2.11 bits per heavy atom. The highest BCUT2D eigenvalue weighted by molar-refractivity contribution is 5.07. The number of hydrogen-bond acceptors (Lipinski definition) is 0. The fraction of sp³-hybridized carbons (Fsp3) is 0.667. The van der Waals surface area contributed by atoms with Crippen molar-refractivity contribution in [3.8, 4) is 0 Å². The fourth-order valence-electron chi connectivity index (χ4n) is 3.77. The van der Waals surface area contributed by atoms with Gasteiger partial charge in [0.1, 0.15) is 0 Å². The van der Waals surface area contributed by atoms with Gasteiger partial charge >= 0.3 is 0 Å². The first kappa shape index (κ1) is 13.9. The minimum absolute atomic E-state index is 0.928. The van der Waals surface area contributed by atoms with E-state index in [0.29, 0.717) is 0 Å². The molecule has 2 aliphatic rings. The monoisotopic (exact) mass is 244 g/mol. The van der Waals surface area contributed by atoms with E-state index in [1.807, 2.05) is 5.92 Å². The second-order valence-corrected chi connectivity index (χ2v) is 6.14. The molecule has 0 unspecified atom stereocenters. The van der Waals surface area contributed by atoms with Gasteiger partial charge in [0.25, 0.3) is 0 Å². The van der Waals surface area contributed by atoms with E-state index >= 15 is 0 Å². The maximum absolute atomic E-state index is 3.87. The Kier molecular flexibility index (Phi) is 5.53. The van der Waals surface area contributed by atoms with Crippen LogP contribution in [0.1, 0.15) is 64.2 Å². The smallest absolute Gasteiger partial charge is 0.0203 e. The van der Waals surface area contributed by atoms with Gasteiger partial charge in [0, 0.05) is 0 Å². The van der Waals surface area contributed by atoms with Crippen molar-refractivity contribution in [3.05, 3.63) is 37.1 Å². The third-order valence-corrected chi connectivity index (χ3v) is 4.95. The fourth-order valence-corrected chi connectivity index (χ4v) is 3.77. The summed E-state index contributed by atoms with van der Waals surface area (Å²) in [5.74, 6) is 5.51. The van der Waals surface area contributed by atoms with Crippen molar-refractivity contribution >= 4 is 0 Å². The topological polar surface area (TPSA) is 0 Å². The summed E-state index contributed by atoms with van der Waals surface area (Å²) in [5.41, 5.74) is 0. The van der Waals surface area contributed by atoms with E-state index in [2.05, 4.69) is 25.3 Å². The Morgan fingerprint density at radius 1 is 0.889 bits per heavy atom. The van der Waals surface area contributed by atoms with Gasteiger partial charge in [-0.2, -0.15) is 0 Å². The lowest BCUT2D eigenvalue weighted by molar-refractivity contribution is 0.293. The lowest BCUT2D eigenvalue weighted by Gasteiger charge is -2.37. The van der Waals surface area contributed by atoms with Crippen molar-refractivity contribution in [3.63, 3.8) is 0 Å². The molecular formula is C18H28. The summed E-state index contributed by atoms with van der Waals surface area (Å²) < 4.78 is 0. The molecule has 0 N–H and O–H groups in total. The molecule has 18 heavy (non-hydrogen) atoms. The highest BCUT2D eigenvalue weighted by atomic mass is 14.4. The van der Waals surface area contributed by atoms with Crippen molar-refractivity contribution in [2.45, 2.75) is 64.2 Å². The normalized spacial score (nSPS) is 25.1. The van der Waals surface area contributed by atoms with Gasteiger partial charge in [0.2, 0.25) is 0 Å². The van der Waals surface area contributed by atoms with Gasteiger partial charge in [0.15, 0.2) is 0 Å². The van der Waals surface area contributed by atoms with Gasteiger partial charge in [-0.15, -0.1) is 13.2 Å². The van der Waals surface area contributed by atoms with E-state index in [4.69, 9.17) is 0 Å². The molecule has 2 rings (SSSR count). The molecule has 0 aromatic rings. The highest BCUT2D eigenvalue weighted by Crippen LogP contribution is 2.44. The van der Waals surface area contributed by atoms with E-state index in [1.54, 1.807) is 5.92 Å². The van der Waals surface area contributed by atoms with Crippen LogP contribution >= 0.6 is 0 Å². The van der Waals surface area contributed by atoms with Crippen LogP contribution in [-0.2, 0) is 0 Å². The molecule has 0 aromatic heterocycles. The van der Waals surface area contributed by atoms with Crippen molar-refractivity contribution in [1.82, 2.24) is 0 Å². The van der Waals surface area contributed by atoms with Gasteiger partial charge < -0.3 is 0 Å².